The lowest BCUT2D eigenvalue weighted by Gasteiger charge is -2.23. The second kappa shape index (κ2) is 4.53. The van der Waals surface area contributed by atoms with E-state index in [1.807, 2.05) is 36.1 Å². The van der Waals surface area contributed by atoms with E-state index in [-0.39, 0.29) is 5.41 Å². The second-order valence-corrected chi connectivity index (χ2v) is 5.98. The van der Waals surface area contributed by atoms with Crippen LogP contribution in [0.3, 0.4) is 0 Å². The van der Waals surface area contributed by atoms with E-state index < -0.39 is 0 Å². The summed E-state index contributed by atoms with van der Waals surface area (Å²) in [6, 6.07) is 4.29. The maximum atomic E-state index is 4.45. The van der Waals surface area contributed by atoms with Crippen molar-refractivity contribution < 1.29 is 0 Å². The van der Waals surface area contributed by atoms with Crippen molar-refractivity contribution in [2.24, 2.45) is 7.05 Å². The number of nitrogens with one attached hydrogen (secondary N) is 1. The predicted octanol–water partition coefficient (Wildman–Crippen LogP) is 3.18. The molecule has 0 radical (unpaired) electrons. The first-order valence-corrected chi connectivity index (χ1v) is 6.65. The monoisotopic (exact) mass is 249 g/mol. The molecule has 2 aromatic heterocycles. The molecule has 4 heteroatoms. The van der Waals surface area contributed by atoms with Crippen molar-refractivity contribution in [1.29, 1.82) is 0 Å². The number of imidazole rings is 1. The van der Waals surface area contributed by atoms with E-state index >= 15 is 0 Å². The van der Waals surface area contributed by atoms with Crippen LogP contribution in [-0.2, 0) is 12.5 Å². The fourth-order valence-electron chi connectivity index (χ4n) is 1.83. The lowest BCUT2D eigenvalue weighted by atomic mass is 9.91. The minimum absolute atomic E-state index is 0.133. The molecule has 2 aromatic rings. The van der Waals surface area contributed by atoms with Gasteiger partial charge in [0.25, 0.3) is 0 Å². The SMILES string of the molecule is Cc1cn(C)c(NCC(C)(C)c2cccs2)n1. The van der Waals surface area contributed by atoms with Crippen LogP contribution in [0.1, 0.15) is 24.4 Å². The lowest BCUT2D eigenvalue weighted by Crippen LogP contribution is -2.27. The summed E-state index contributed by atoms with van der Waals surface area (Å²) in [5.41, 5.74) is 1.18. The van der Waals surface area contributed by atoms with Gasteiger partial charge in [0.1, 0.15) is 0 Å². The number of rotatable bonds is 4. The molecule has 0 unspecified atom stereocenters. The van der Waals surface area contributed by atoms with Gasteiger partial charge in [-0.15, -0.1) is 11.3 Å². The summed E-state index contributed by atoms with van der Waals surface area (Å²) in [6.45, 7) is 7.40. The van der Waals surface area contributed by atoms with Crippen LogP contribution in [0.5, 0.6) is 0 Å². The predicted molar refractivity (Wildman–Crippen MR) is 73.8 cm³/mol. The topological polar surface area (TPSA) is 29.9 Å². The molecule has 0 spiro atoms. The number of aryl methyl sites for hydroxylation is 2. The highest BCUT2D eigenvalue weighted by atomic mass is 32.1. The number of hydrogen-bond acceptors (Lipinski definition) is 3. The summed E-state index contributed by atoms with van der Waals surface area (Å²) >= 11 is 1.81. The first-order chi connectivity index (χ1) is 7.99. The summed E-state index contributed by atoms with van der Waals surface area (Å²) < 4.78 is 2.03. The van der Waals surface area contributed by atoms with Gasteiger partial charge in [-0.1, -0.05) is 19.9 Å². The van der Waals surface area contributed by atoms with Crippen molar-refractivity contribution >= 4 is 17.3 Å². The molecule has 0 aliphatic rings. The third-order valence-electron chi connectivity index (χ3n) is 2.87. The van der Waals surface area contributed by atoms with Gasteiger partial charge in [-0.2, -0.15) is 0 Å². The van der Waals surface area contributed by atoms with Gasteiger partial charge in [0.15, 0.2) is 0 Å². The maximum Gasteiger partial charge on any atom is 0.202 e. The van der Waals surface area contributed by atoms with E-state index in [0.29, 0.717) is 0 Å². The average Bonchev–Trinajstić information content (AvgIpc) is 2.85. The smallest absolute Gasteiger partial charge is 0.202 e. The molecular formula is C13H19N3S. The standard InChI is InChI=1S/C13H19N3S/c1-10-8-16(4)12(15-10)14-9-13(2,3)11-6-5-7-17-11/h5-8H,9H2,1-4H3,(H,14,15). The highest BCUT2D eigenvalue weighted by Gasteiger charge is 2.21. The lowest BCUT2D eigenvalue weighted by molar-refractivity contribution is 0.565. The van der Waals surface area contributed by atoms with Crippen molar-refractivity contribution in [3.8, 4) is 0 Å². The van der Waals surface area contributed by atoms with Gasteiger partial charge in [0.05, 0.1) is 5.69 Å². The Kier molecular flexibility index (Phi) is 3.24. The quantitative estimate of drug-likeness (QED) is 0.902. The second-order valence-electron chi connectivity index (χ2n) is 5.03. The van der Waals surface area contributed by atoms with Gasteiger partial charge >= 0.3 is 0 Å². The number of thiophene rings is 1. The van der Waals surface area contributed by atoms with Crippen molar-refractivity contribution in [3.63, 3.8) is 0 Å². The van der Waals surface area contributed by atoms with Crippen LogP contribution in [0.25, 0.3) is 0 Å². The van der Waals surface area contributed by atoms with Crippen LogP contribution >= 0.6 is 11.3 Å². The van der Waals surface area contributed by atoms with Gasteiger partial charge in [-0.3, -0.25) is 0 Å². The third kappa shape index (κ3) is 2.69. The Hall–Kier alpha value is -1.29. The van der Waals surface area contributed by atoms with Crippen molar-refractivity contribution in [1.82, 2.24) is 9.55 Å². The molecule has 0 bridgehead atoms. The van der Waals surface area contributed by atoms with Crippen LogP contribution in [0.2, 0.25) is 0 Å². The van der Waals surface area contributed by atoms with Gasteiger partial charge in [0, 0.05) is 30.1 Å². The highest BCUT2D eigenvalue weighted by molar-refractivity contribution is 7.10. The van der Waals surface area contributed by atoms with Crippen molar-refractivity contribution in [2.45, 2.75) is 26.2 Å². The van der Waals surface area contributed by atoms with Crippen LogP contribution < -0.4 is 5.32 Å². The van der Waals surface area contributed by atoms with E-state index in [0.717, 1.165) is 18.2 Å². The van der Waals surface area contributed by atoms with E-state index in [9.17, 15) is 0 Å². The molecule has 2 rings (SSSR count). The summed E-state index contributed by atoms with van der Waals surface area (Å²) in [5, 5.41) is 5.55. The normalized spacial score (nSPS) is 11.8. The fourth-order valence-corrected chi connectivity index (χ4v) is 2.68. The van der Waals surface area contributed by atoms with E-state index in [4.69, 9.17) is 0 Å². The first kappa shape index (κ1) is 12.2. The molecule has 2 heterocycles. The summed E-state index contributed by atoms with van der Waals surface area (Å²) in [4.78, 5) is 5.85. The molecule has 0 saturated heterocycles. The van der Waals surface area contributed by atoms with Gasteiger partial charge in [-0.05, 0) is 18.4 Å². The molecule has 0 aliphatic heterocycles. The Morgan fingerprint density at radius 1 is 1.47 bits per heavy atom. The van der Waals surface area contributed by atoms with Gasteiger partial charge in [-0.25, -0.2) is 4.98 Å². The van der Waals surface area contributed by atoms with Crippen LogP contribution in [0.15, 0.2) is 23.7 Å². The first-order valence-electron chi connectivity index (χ1n) is 5.77. The number of hydrogen-bond donors (Lipinski definition) is 1. The average molecular weight is 249 g/mol. The minimum Gasteiger partial charge on any atom is -0.355 e. The summed E-state index contributed by atoms with van der Waals surface area (Å²) in [7, 11) is 2.01. The van der Waals surface area contributed by atoms with Crippen molar-refractivity contribution in [2.75, 3.05) is 11.9 Å². The summed E-state index contributed by atoms with van der Waals surface area (Å²) in [6.07, 6.45) is 2.03. The zero-order chi connectivity index (χ0) is 12.5. The van der Waals surface area contributed by atoms with Crippen molar-refractivity contribution in [3.05, 3.63) is 34.3 Å². The molecule has 0 atom stereocenters. The Morgan fingerprint density at radius 2 is 2.24 bits per heavy atom. The highest BCUT2D eigenvalue weighted by Crippen LogP contribution is 2.27. The zero-order valence-electron chi connectivity index (χ0n) is 10.8. The maximum absolute atomic E-state index is 4.45. The van der Waals surface area contributed by atoms with Gasteiger partial charge < -0.3 is 9.88 Å². The Balaban J connectivity index is 2.05. The number of aromatic nitrogens is 2. The molecular weight excluding hydrogens is 230 g/mol. The Labute approximate surface area is 107 Å². The van der Waals surface area contributed by atoms with E-state index in [1.165, 1.54) is 4.88 Å². The summed E-state index contributed by atoms with van der Waals surface area (Å²) in [5.74, 6) is 0.937. The zero-order valence-corrected chi connectivity index (χ0v) is 11.6. The van der Waals surface area contributed by atoms with E-state index in [1.54, 1.807) is 0 Å². The molecule has 0 fully saturated rings. The van der Waals surface area contributed by atoms with Crippen LogP contribution in [0.4, 0.5) is 5.95 Å². The van der Waals surface area contributed by atoms with Crippen LogP contribution in [-0.4, -0.2) is 16.1 Å². The van der Waals surface area contributed by atoms with Crippen LogP contribution in [0, 0.1) is 6.92 Å². The minimum atomic E-state index is 0.133. The number of nitrogens with zero attached hydrogens (tertiary/aromatic N) is 2. The Morgan fingerprint density at radius 3 is 2.76 bits per heavy atom. The largest absolute Gasteiger partial charge is 0.355 e. The molecule has 0 amide bonds. The van der Waals surface area contributed by atoms with E-state index in [2.05, 4.69) is 41.7 Å². The fraction of sp³-hybridized carbons (Fsp3) is 0.462. The molecule has 1 N–H and O–H groups in total. The number of anilines is 1. The molecule has 0 aliphatic carbocycles. The molecule has 0 saturated carbocycles. The molecule has 92 valence electrons. The Bertz CT molecular complexity index is 483. The molecule has 17 heavy (non-hydrogen) atoms. The third-order valence-corrected chi connectivity index (χ3v) is 4.11. The molecule has 3 nitrogen and oxygen atoms in total. The van der Waals surface area contributed by atoms with Gasteiger partial charge in [0.2, 0.25) is 5.95 Å². The molecule has 0 aromatic carbocycles.